The van der Waals surface area contributed by atoms with Gasteiger partial charge in [0.15, 0.2) is 11.5 Å². The molecule has 2 aromatic heterocycles. The van der Waals surface area contributed by atoms with E-state index < -0.39 is 12.0 Å². The van der Waals surface area contributed by atoms with Crippen molar-refractivity contribution in [1.29, 1.82) is 0 Å². The monoisotopic (exact) mass is 497 g/mol. The standard InChI is InChI=1S/C25H31N5O4S/c1-2-3-15-11-20(29-25-21(15)22(26)23(35-25)24(27)32)30-8-6-16(7-9-30)28-12-17(31)14-4-5-18-19(10-14)34-13-33-18/h4-5,10-11,16-17,28,31H,2-3,6-9,12-13,26H2,1H3,(H2,27,32). The highest BCUT2D eigenvalue weighted by atomic mass is 32.1. The Balaban J connectivity index is 1.23. The van der Waals surface area contributed by atoms with Crippen LogP contribution in [0.5, 0.6) is 11.5 Å². The van der Waals surface area contributed by atoms with Crippen molar-refractivity contribution in [3.05, 3.63) is 40.3 Å². The Morgan fingerprint density at radius 1 is 1.29 bits per heavy atom. The number of aromatic nitrogens is 1. The van der Waals surface area contributed by atoms with Gasteiger partial charge in [0.1, 0.15) is 15.5 Å². The van der Waals surface area contributed by atoms with Crippen molar-refractivity contribution >= 4 is 39.0 Å². The number of fused-ring (bicyclic) bond motifs is 2. The Hall–Kier alpha value is -3.08. The van der Waals surface area contributed by atoms with Gasteiger partial charge < -0.3 is 36.3 Å². The number of carbonyl (C=O) groups is 1. The summed E-state index contributed by atoms with van der Waals surface area (Å²) in [6, 6.07) is 7.97. The quantitative estimate of drug-likeness (QED) is 0.373. The lowest BCUT2D eigenvalue weighted by Crippen LogP contribution is -2.44. The number of thiophene rings is 1. The van der Waals surface area contributed by atoms with E-state index in [1.165, 1.54) is 11.3 Å². The number of hydrogen-bond donors (Lipinski definition) is 4. The van der Waals surface area contributed by atoms with Gasteiger partial charge in [-0.25, -0.2) is 4.98 Å². The molecule has 0 aliphatic carbocycles. The topological polar surface area (TPSA) is 136 Å². The Bertz CT molecular complexity index is 1240. The van der Waals surface area contributed by atoms with Gasteiger partial charge in [-0.2, -0.15) is 0 Å². The van der Waals surface area contributed by atoms with Gasteiger partial charge in [0.05, 0.1) is 11.8 Å². The summed E-state index contributed by atoms with van der Waals surface area (Å²) in [5, 5.41) is 15.0. The van der Waals surface area contributed by atoms with Crippen LogP contribution in [0.1, 0.15) is 53.1 Å². The first-order chi connectivity index (χ1) is 16.9. The lowest BCUT2D eigenvalue weighted by Gasteiger charge is -2.34. The highest BCUT2D eigenvalue weighted by Crippen LogP contribution is 2.38. The minimum Gasteiger partial charge on any atom is -0.454 e. The van der Waals surface area contributed by atoms with Crippen molar-refractivity contribution in [2.45, 2.75) is 44.8 Å². The maximum Gasteiger partial charge on any atom is 0.260 e. The first-order valence-corrected chi connectivity index (χ1v) is 12.8. The molecule has 0 spiro atoms. The van der Waals surface area contributed by atoms with Gasteiger partial charge in [-0.15, -0.1) is 11.3 Å². The number of nitrogens with one attached hydrogen (secondary N) is 1. The summed E-state index contributed by atoms with van der Waals surface area (Å²) in [5.41, 5.74) is 14.2. The summed E-state index contributed by atoms with van der Waals surface area (Å²) in [7, 11) is 0. The maximum absolute atomic E-state index is 11.8. The van der Waals surface area contributed by atoms with E-state index in [0.717, 1.165) is 65.9 Å². The van der Waals surface area contributed by atoms with E-state index in [1.54, 1.807) is 0 Å². The number of aliphatic hydroxyl groups excluding tert-OH is 1. The molecular weight excluding hydrogens is 466 g/mol. The molecule has 9 nitrogen and oxygen atoms in total. The zero-order chi connectivity index (χ0) is 24.5. The second kappa shape index (κ2) is 9.88. The summed E-state index contributed by atoms with van der Waals surface area (Å²) in [4.78, 5) is 20.1. The van der Waals surface area contributed by atoms with E-state index in [0.29, 0.717) is 34.7 Å². The van der Waals surface area contributed by atoms with E-state index in [-0.39, 0.29) is 6.79 Å². The maximum atomic E-state index is 11.8. The van der Waals surface area contributed by atoms with Gasteiger partial charge in [0.25, 0.3) is 5.91 Å². The van der Waals surface area contributed by atoms with E-state index in [9.17, 15) is 9.90 Å². The van der Waals surface area contributed by atoms with Crippen LogP contribution in [0.4, 0.5) is 11.5 Å². The number of nitrogens with two attached hydrogens (primary N) is 2. The number of nitrogens with zero attached hydrogens (tertiary/aromatic N) is 2. The lowest BCUT2D eigenvalue weighted by molar-refractivity contribution is 0.100. The zero-order valence-corrected chi connectivity index (χ0v) is 20.6. The van der Waals surface area contributed by atoms with Crippen LogP contribution in [0.3, 0.4) is 0 Å². The van der Waals surface area contributed by atoms with Gasteiger partial charge in [0, 0.05) is 31.1 Å². The Labute approximate surface area is 208 Å². The second-order valence-corrected chi connectivity index (χ2v) is 10.1. The van der Waals surface area contributed by atoms with Gasteiger partial charge in [-0.05, 0) is 48.6 Å². The molecule has 0 radical (unpaired) electrons. The average molecular weight is 498 g/mol. The number of amides is 1. The van der Waals surface area contributed by atoms with Crippen LogP contribution >= 0.6 is 11.3 Å². The molecule has 3 aromatic rings. The van der Waals surface area contributed by atoms with Crippen LogP contribution in [0.15, 0.2) is 24.3 Å². The normalized spacial score (nSPS) is 16.7. The van der Waals surface area contributed by atoms with E-state index in [1.807, 2.05) is 18.2 Å². The van der Waals surface area contributed by atoms with Gasteiger partial charge in [0.2, 0.25) is 6.79 Å². The fourth-order valence-corrected chi connectivity index (χ4v) is 5.81. The predicted molar refractivity (Wildman–Crippen MR) is 137 cm³/mol. The molecule has 5 rings (SSSR count). The highest BCUT2D eigenvalue weighted by Gasteiger charge is 2.24. The molecular formula is C25H31N5O4S. The molecule has 1 saturated heterocycles. The Morgan fingerprint density at radius 2 is 2.06 bits per heavy atom. The smallest absolute Gasteiger partial charge is 0.260 e. The van der Waals surface area contributed by atoms with E-state index in [2.05, 4.69) is 23.2 Å². The number of nitrogen functional groups attached to an aromatic ring is 1. The van der Waals surface area contributed by atoms with Crippen LogP contribution in [0.2, 0.25) is 0 Å². The molecule has 1 aromatic carbocycles. The summed E-state index contributed by atoms with van der Waals surface area (Å²) < 4.78 is 10.8. The minimum absolute atomic E-state index is 0.222. The van der Waals surface area contributed by atoms with Crippen molar-refractivity contribution in [2.75, 3.05) is 37.1 Å². The summed E-state index contributed by atoms with van der Waals surface area (Å²) in [5.74, 6) is 1.80. The van der Waals surface area contributed by atoms with Gasteiger partial charge in [-0.1, -0.05) is 19.4 Å². The average Bonchev–Trinajstić information content (AvgIpc) is 3.47. The number of hydrogen-bond acceptors (Lipinski definition) is 9. The molecule has 186 valence electrons. The molecule has 1 atom stereocenters. The van der Waals surface area contributed by atoms with Crippen molar-refractivity contribution in [3.63, 3.8) is 0 Å². The largest absolute Gasteiger partial charge is 0.454 e. The van der Waals surface area contributed by atoms with Crippen LogP contribution < -0.4 is 31.2 Å². The summed E-state index contributed by atoms with van der Waals surface area (Å²) >= 11 is 1.27. The van der Waals surface area contributed by atoms with Crippen molar-refractivity contribution in [3.8, 4) is 11.5 Å². The number of piperidine rings is 1. The fourth-order valence-electron chi connectivity index (χ4n) is 4.83. The van der Waals surface area contributed by atoms with Crippen molar-refractivity contribution in [2.24, 2.45) is 5.73 Å². The van der Waals surface area contributed by atoms with Crippen LogP contribution in [-0.4, -0.2) is 48.5 Å². The predicted octanol–water partition coefficient (Wildman–Crippen LogP) is 2.95. The number of ether oxygens (including phenoxy) is 2. The molecule has 6 N–H and O–H groups in total. The Morgan fingerprint density at radius 3 is 2.80 bits per heavy atom. The van der Waals surface area contributed by atoms with Crippen LogP contribution in [0, 0.1) is 0 Å². The van der Waals surface area contributed by atoms with Crippen LogP contribution in [-0.2, 0) is 6.42 Å². The SMILES string of the molecule is CCCc1cc(N2CCC(NCC(O)c3ccc4c(c3)OCO4)CC2)nc2sc(C(N)=O)c(N)c12. The summed E-state index contributed by atoms with van der Waals surface area (Å²) in [6.45, 7) is 4.52. The van der Waals surface area contributed by atoms with Crippen molar-refractivity contribution in [1.82, 2.24) is 10.3 Å². The molecule has 2 aliphatic heterocycles. The number of anilines is 2. The van der Waals surface area contributed by atoms with Crippen LogP contribution in [0.25, 0.3) is 10.2 Å². The first-order valence-electron chi connectivity index (χ1n) is 12.0. The molecule has 4 heterocycles. The highest BCUT2D eigenvalue weighted by molar-refractivity contribution is 7.21. The van der Waals surface area contributed by atoms with E-state index >= 15 is 0 Å². The first kappa shape index (κ1) is 23.7. The summed E-state index contributed by atoms with van der Waals surface area (Å²) in [6.07, 6.45) is 3.09. The molecule has 1 amide bonds. The number of pyridine rings is 1. The lowest BCUT2D eigenvalue weighted by atomic mass is 10.0. The molecule has 0 saturated carbocycles. The third kappa shape index (κ3) is 4.73. The minimum atomic E-state index is -0.619. The fraction of sp³-hybridized carbons (Fsp3) is 0.440. The number of rotatable bonds is 8. The number of carbonyl (C=O) groups excluding carboxylic acids is 1. The van der Waals surface area contributed by atoms with E-state index in [4.69, 9.17) is 25.9 Å². The number of benzene rings is 1. The number of primary amides is 1. The Kier molecular flexibility index (Phi) is 6.68. The van der Waals surface area contributed by atoms with Crippen molar-refractivity contribution < 1.29 is 19.4 Å². The zero-order valence-electron chi connectivity index (χ0n) is 19.8. The number of aliphatic hydroxyl groups is 1. The molecule has 0 bridgehead atoms. The second-order valence-electron chi connectivity index (χ2n) is 9.08. The molecule has 1 fully saturated rings. The molecule has 2 aliphatic rings. The van der Waals surface area contributed by atoms with Gasteiger partial charge >= 0.3 is 0 Å². The number of aryl methyl sites for hydroxylation is 1. The molecule has 35 heavy (non-hydrogen) atoms. The third-order valence-electron chi connectivity index (χ3n) is 6.71. The molecule has 1 unspecified atom stereocenters. The third-order valence-corrected chi connectivity index (χ3v) is 7.82. The molecule has 10 heteroatoms. The van der Waals surface area contributed by atoms with Gasteiger partial charge in [-0.3, -0.25) is 4.79 Å².